The Balaban J connectivity index is -0.000000218. The molecule has 0 rings (SSSR count). The Morgan fingerprint density at radius 3 is 0.824 bits per heavy atom. The van der Waals surface area contributed by atoms with E-state index in [0.717, 1.165) is 22.3 Å². The molecule has 0 fully saturated rings. The van der Waals surface area contributed by atoms with Gasteiger partial charge in [-0.2, -0.15) is 11.1 Å². The molecule has 0 aliphatic rings. The van der Waals surface area contributed by atoms with Gasteiger partial charge in [0.1, 0.15) is 0 Å². The fourth-order valence-corrected chi connectivity index (χ4v) is 0.729. The van der Waals surface area contributed by atoms with E-state index in [1.54, 1.807) is 0 Å². The second-order valence-electron chi connectivity index (χ2n) is 4.37. The molecular formula is C16H26Ru. The first-order chi connectivity index (χ1) is 7.11. The summed E-state index contributed by atoms with van der Waals surface area (Å²) in [5.74, 6) is 0. The summed E-state index contributed by atoms with van der Waals surface area (Å²) in [6.07, 6.45) is 0. The van der Waals surface area contributed by atoms with Crippen molar-refractivity contribution in [3.8, 4) is 0 Å². The van der Waals surface area contributed by atoms with E-state index >= 15 is 0 Å². The smallest absolute Gasteiger partial charge is 0.242 e. The maximum atomic E-state index is 3.78. The molecule has 0 saturated heterocycles. The molecule has 0 unspecified atom stereocenters. The average Bonchev–Trinajstić information content (AvgIpc) is 2.15. The van der Waals surface area contributed by atoms with Gasteiger partial charge in [0, 0.05) is 0 Å². The van der Waals surface area contributed by atoms with Crippen LogP contribution in [0.3, 0.4) is 0 Å². The molecule has 0 saturated carbocycles. The molecule has 0 radical (unpaired) electrons. The van der Waals surface area contributed by atoms with Crippen LogP contribution in [0.5, 0.6) is 0 Å². The molecule has 0 bridgehead atoms. The predicted octanol–water partition coefficient (Wildman–Crippen LogP) is 5.46. The normalized spacial score (nSPS) is 12.1. The van der Waals surface area contributed by atoms with Gasteiger partial charge in [0.05, 0.1) is 0 Å². The van der Waals surface area contributed by atoms with Crippen LogP contribution in [0.4, 0.5) is 0 Å². The van der Waals surface area contributed by atoms with Gasteiger partial charge in [0.25, 0.3) is 0 Å². The maximum Gasteiger partial charge on any atom is 2.00 e. The fraction of sp³-hybridized carbons (Fsp3) is 0.375. The van der Waals surface area contributed by atoms with Gasteiger partial charge in [0.15, 0.2) is 0 Å². The largest absolute Gasteiger partial charge is 2.00 e. The summed E-state index contributed by atoms with van der Waals surface area (Å²) in [4.78, 5) is 0. The molecule has 0 heterocycles. The Kier molecular flexibility index (Phi) is 13.3. The zero-order valence-electron chi connectivity index (χ0n) is 12.2. The number of hydrogen-bond acceptors (Lipinski definition) is 0. The quantitative estimate of drug-likeness (QED) is 0.360. The van der Waals surface area contributed by atoms with Crippen LogP contribution in [0.1, 0.15) is 41.5 Å². The van der Waals surface area contributed by atoms with E-state index in [1.165, 1.54) is 11.1 Å². The zero-order valence-corrected chi connectivity index (χ0v) is 13.9. The van der Waals surface area contributed by atoms with Crippen LogP contribution < -0.4 is 0 Å². The van der Waals surface area contributed by atoms with Gasteiger partial charge in [-0.1, -0.05) is 27.7 Å². The van der Waals surface area contributed by atoms with Gasteiger partial charge in [-0.25, -0.2) is 25.0 Å². The van der Waals surface area contributed by atoms with Crippen LogP contribution >= 0.6 is 0 Å². The van der Waals surface area contributed by atoms with Crippen LogP contribution in [0, 0.1) is 13.8 Å². The van der Waals surface area contributed by atoms with Crippen LogP contribution in [-0.4, -0.2) is 0 Å². The van der Waals surface area contributed by atoms with Crippen LogP contribution in [0.25, 0.3) is 0 Å². The van der Waals surface area contributed by atoms with E-state index in [0.29, 0.717) is 0 Å². The van der Waals surface area contributed by atoms with E-state index < -0.39 is 0 Å². The van der Waals surface area contributed by atoms with Crippen LogP contribution in [0.2, 0.25) is 0 Å². The number of rotatable bonds is 2. The molecule has 0 amide bonds. The van der Waals surface area contributed by atoms with Crippen molar-refractivity contribution < 1.29 is 19.5 Å². The predicted molar refractivity (Wildman–Crippen MR) is 77.1 cm³/mol. The topological polar surface area (TPSA) is 0 Å². The monoisotopic (exact) mass is 320 g/mol. The minimum Gasteiger partial charge on any atom is -0.242 e. The molecule has 98 valence electrons. The minimum atomic E-state index is 0. The summed E-state index contributed by atoms with van der Waals surface area (Å²) >= 11 is 0. The van der Waals surface area contributed by atoms with E-state index in [-0.39, 0.29) is 19.5 Å². The molecule has 0 N–H and O–H groups in total. The third-order valence-corrected chi connectivity index (χ3v) is 2.56. The molecule has 0 atom stereocenters. The molecule has 0 aliphatic heterocycles. The van der Waals surface area contributed by atoms with Gasteiger partial charge in [-0.3, -0.25) is 0 Å². The summed E-state index contributed by atoms with van der Waals surface area (Å²) in [7, 11) is 0. The van der Waals surface area contributed by atoms with Gasteiger partial charge in [-0.05, 0) is 0 Å². The van der Waals surface area contributed by atoms with E-state index in [9.17, 15) is 0 Å². The Labute approximate surface area is 121 Å². The number of hydrogen-bond donors (Lipinski definition) is 0. The van der Waals surface area contributed by atoms with Crippen molar-refractivity contribution in [1.82, 2.24) is 0 Å². The maximum absolute atomic E-state index is 3.78. The second kappa shape index (κ2) is 10.5. The van der Waals surface area contributed by atoms with Crippen LogP contribution in [-0.2, 0) is 19.5 Å². The summed E-state index contributed by atoms with van der Waals surface area (Å²) in [6.45, 7) is 27.1. The summed E-state index contributed by atoms with van der Waals surface area (Å²) in [6, 6.07) is 0. The van der Waals surface area contributed by atoms with E-state index in [2.05, 4.69) is 27.0 Å². The Morgan fingerprint density at radius 1 is 0.647 bits per heavy atom. The van der Waals surface area contributed by atoms with Crippen molar-refractivity contribution in [2.24, 2.45) is 0 Å². The summed E-state index contributed by atoms with van der Waals surface area (Å²) < 4.78 is 0. The second-order valence-corrected chi connectivity index (χ2v) is 4.37. The SMILES string of the molecule is C=C(C)/C(C)=C(/[CH2-])C.C=C(C)/C(C)=C(/[CH2-])C.[Ru+2]. The summed E-state index contributed by atoms with van der Waals surface area (Å²) in [5, 5.41) is 0. The first kappa shape index (κ1) is 21.6. The van der Waals surface area contributed by atoms with Crippen molar-refractivity contribution in [1.29, 1.82) is 0 Å². The Bertz CT molecular complexity index is 285. The Morgan fingerprint density at radius 2 is 0.824 bits per heavy atom. The third-order valence-electron chi connectivity index (χ3n) is 2.56. The van der Waals surface area contributed by atoms with Crippen LogP contribution in [0.15, 0.2) is 46.6 Å². The van der Waals surface area contributed by atoms with Gasteiger partial charge >= 0.3 is 19.5 Å². The van der Waals surface area contributed by atoms with Crippen molar-refractivity contribution in [3.05, 3.63) is 60.4 Å². The Hall–Kier alpha value is -0.677. The molecule has 0 aromatic carbocycles. The molecule has 0 nitrogen and oxygen atoms in total. The van der Waals surface area contributed by atoms with Crippen molar-refractivity contribution >= 4 is 0 Å². The van der Waals surface area contributed by atoms with E-state index in [1.807, 2.05) is 41.5 Å². The van der Waals surface area contributed by atoms with Gasteiger partial charge in [-0.15, -0.1) is 38.2 Å². The van der Waals surface area contributed by atoms with Crippen molar-refractivity contribution in [2.45, 2.75) is 41.5 Å². The van der Waals surface area contributed by atoms with Gasteiger partial charge < -0.3 is 0 Å². The standard InChI is InChI=1S/2C8H13.Ru/c2*1-6(2)8(5)7(3)4;/h2*1,3H2,2,4-5H3;/q2*-1;+2/b2*8-6-;. The fourth-order valence-electron chi connectivity index (χ4n) is 0.729. The molecule has 0 spiro atoms. The average molecular weight is 319 g/mol. The molecule has 0 aliphatic carbocycles. The molecular weight excluding hydrogens is 293 g/mol. The molecule has 1 heteroatoms. The zero-order chi connectivity index (χ0) is 13.5. The third kappa shape index (κ3) is 11.6. The number of allylic oxidation sites excluding steroid dienone is 6. The van der Waals surface area contributed by atoms with Crippen molar-refractivity contribution in [2.75, 3.05) is 0 Å². The van der Waals surface area contributed by atoms with Crippen molar-refractivity contribution in [3.63, 3.8) is 0 Å². The van der Waals surface area contributed by atoms with E-state index in [4.69, 9.17) is 0 Å². The molecule has 0 aromatic rings. The molecule has 17 heavy (non-hydrogen) atoms. The molecule has 0 aromatic heterocycles. The summed E-state index contributed by atoms with van der Waals surface area (Å²) in [5.41, 5.74) is 6.86. The van der Waals surface area contributed by atoms with Gasteiger partial charge in [0.2, 0.25) is 0 Å². The first-order valence-electron chi connectivity index (χ1n) is 5.41. The minimum absolute atomic E-state index is 0. The first-order valence-corrected chi connectivity index (χ1v) is 5.41.